The molecule has 2 aliphatic rings. The maximum Gasteiger partial charge on any atom is 0.127 e. The molecule has 0 spiro atoms. The van der Waals surface area contributed by atoms with E-state index in [-0.39, 0.29) is 17.1 Å². The van der Waals surface area contributed by atoms with Crippen LogP contribution in [0.5, 0.6) is 0 Å². The summed E-state index contributed by atoms with van der Waals surface area (Å²) < 4.78 is 0. The van der Waals surface area contributed by atoms with E-state index in [1.807, 2.05) is 38.5 Å². The first-order valence-corrected chi connectivity index (χ1v) is 4.25. The van der Waals surface area contributed by atoms with Gasteiger partial charge in [0.1, 0.15) is 6.29 Å². The minimum atomic E-state index is 0. The van der Waals surface area contributed by atoms with Crippen molar-refractivity contribution in [3.8, 4) is 0 Å². The zero-order valence-corrected chi connectivity index (χ0v) is 9.20. The first-order chi connectivity index (χ1) is 6.33. The second-order valence-corrected chi connectivity index (χ2v) is 2.88. The van der Waals surface area contributed by atoms with Crippen LogP contribution >= 0.6 is 11.6 Å². The molecule has 2 saturated carbocycles. The van der Waals surface area contributed by atoms with Gasteiger partial charge in [-0.05, 0) is 51.4 Å². The van der Waals surface area contributed by atoms with Crippen LogP contribution in [-0.4, -0.2) is 6.29 Å². The average Bonchev–Trinajstić information content (AvgIpc) is 2.76. The second-order valence-electron chi connectivity index (χ2n) is 2.44. The Morgan fingerprint density at radius 3 is 1.57 bits per heavy atom. The molecule has 0 amide bonds. The van der Waals surface area contributed by atoms with Gasteiger partial charge in [-0.2, -0.15) is 0 Å². The molecule has 10 radical (unpaired) electrons. The van der Waals surface area contributed by atoms with Crippen LogP contribution < -0.4 is 0 Å². The van der Waals surface area contributed by atoms with Gasteiger partial charge in [-0.3, -0.25) is 0 Å². The Bertz CT molecular complexity index is 140. The van der Waals surface area contributed by atoms with Crippen molar-refractivity contribution in [2.75, 3.05) is 0 Å². The normalized spacial score (nSPS) is 22.4. The second kappa shape index (κ2) is 8.76. The Morgan fingerprint density at radius 1 is 0.929 bits per heavy atom. The van der Waals surface area contributed by atoms with Gasteiger partial charge in [-0.25, -0.2) is 0 Å². The predicted molar refractivity (Wildman–Crippen MR) is 52.8 cm³/mol. The van der Waals surface area contributed by atoms with Gasteiger partial charge in [0.05, 0.1) is 5.38 Å². The minimum absolute atomic E-state index is 0. The third kappa shape index (κ3) is 6.06. The molecule has 0 unspecified atom stereocenters. The Labute approximate surface area is 102 Å². The maximum atomic E-state index is 9.87. The van der Waals surface area contributed by atoms with Crippen LogP contribution in [0.25, 0.3) is 0 Å². The molecule has 0 aromatic rings. The first kappa shape index (κ1) is 14.5. The molecule has 2 rings (SSSR count). The number of halogens is 1. The first-order valence-electron chi connectivity index (χ1n) is 3.87. The number of aldehydes is 1. The van der Waals surface area contributed by atoms with E-state index in [9.17, 15) is 4.79 Å². The zero-order valence-electron chi connectivity index (χ0n) is 7.34. The zero-order chi connectivity index (χ0) is 9.52. The Morgan fingerprint density at radius 2 is 1.36 bits per heavy atom. The van der Waals surface area contributed by atoms with Crippen LogP contribution in [0, 0.1) is 62.7 Å². The summed E-state index contributed by atoms with van der Waals surface area (Å²) in [5.74, 6) is 0.750. The third-order valence-electron chi connectivity index (χ3n) is 1.45. The van der Waals surface area contributed by atoms with Gasteiger partial charge < -0.3 is 4.79 Å². The Hall–Kier alpha value is 0.479. The molecule has 2 aliphatic carbocycles. The van der Waals surface area contributed by atoms with Crippen molar-refractivity contribution < 1.29 is 21.9 Å². The molecular weight excluding hydrogens is 239 g/mol. The van der Waals surface area contributed by atoms with Gasteiger partial charge >= 0.3 is 0 Å². The van der Waals surface area contributed by atoms with Gasteiger partial charge in [0, 0.05) is 23.0 Å². The fourth-order valence-corrected chi connectivity index (χ4v) is 0.963. The summed E-state index contributed by atoms with van der Waals surface area (Å²) in [5.41, 5.74) is 0. The van der Waals surface area contributed by atoms with E-state index in [2.05, 4.69) is 0 Å². The molecule has 0 bridgehead atoms. The molecule has 0 N–H and O–H groups in total. The Kier molecular flexibility index (Phi) is 9.06. The van der Waals surface area contributed by atoms with E-state index in [4.69, 9.17) is 11.6 Å². The molecule has 14 heavy (non-hydrogen) atoms. The standard InChI is InChI=1S/C6H5O.C5H4Cl.Fe/c7-5-6-3-1-2-4-6;6-5-3-1-2-4-5;/h1-5H;1-4H;. The van der Waals surface area contributed by atoms with Gasteiger partial charge in [0.2, 0.25) is 0 Å². The summed E-state index contributed by atoms with van der Waals surface area (Å²) in [6.45, 7) is 0. The van der Waals surface area contributed by atoms with E-state index in [0.717, 1.165) is 17.6 Å². The summed E-state index contributed by atoms with van der Waals surface area (Å²) in [5, 5.41) is 0.815. The molecule has 0 aliphatic heterocycles. The molecule has 0 saturated heterocycles. The minimum Gasteiger partial charge on any atom is -0.303 e. The molecule has 0 aromatic carbocycles. The summed E-state index contributed by atoms with van der Waals surface area (Å²) in [7, 11) is 0. The summed E-state index contributed by atoms with van der Waals surface area (Å²) in [6, 6.07) is 0. The average molecular weight is 248 g/mol. The largest absolute Gasteiger partial charge is 0.303 e. The number of carbonyl (C=O) groups excluding carboxylic acids is 1. The van der Waals surface area contributed by atoms with Gasteiger partial charge in [0.15, 0.2) is 0 Å². The van der Waals surface area contributed by atoms with Crippen molar-refractivity contribution in [3.63, 3.8) is 0 Å². The SMILES string of the molecule is Cl[C]1[CH][CH][CH][CH]1.O=C[C]1[CH][CH][CH][CH]1.[Fe]. The van der Waals surface area contributed by atoms with Crippen molar-refractivity contribution in [2.24, 2.45) is 0 Å². The molecule has 3 heteroatoms. The van der Waals surface area contributed by atoms with Gasteiger partial charge in [0.25, 0.3) is 0 Å². The van der Waals surface area contributed by atoms with Crippen molar-refractivity contribution in [2.45, 2.75) is 0 Å². The molecule has 0 atom stereocenters. The van der Waals surface area contributed by atoms with Crippen LogP contribution in [0.2, 0.25) is 0 Å². The van der Waals surface area contributed by atoms with E-state index in [0.29, 0.717) is 0 Å². The van der Waals surface area contributed by atoms with Crippen LogP contribution in [0.1, 0.15) is 0 Å². The van der Waals surface area contributed by atoms with E-state index < -0.39 is 0 Å². The fourth-order valence-electron chi connectivity index (χ4n) is 0.818. The maximum absolute atomic E-state index is 9.87. The summed E-state index contributed by atoms with van der Waals surface area (Å²) in [6.07, 6.45) is 15.6. The molecule has 0 heterocycles. The summed E-state index contributed by atoms with van der Waals surface area (Å²) >= 11 is 5.46. The predicted octanol–water partition coefficient (Wildman–Crippen LogP) is 2.18. The number of carbonyl (C=O) groups is 1. The van der Waals surface area contributed by atoms with Crippen molar-refractivity contribution in [1.82, 2.24) is 0 Å². The van der Waals surface area contributed by atoms with Crippen molar-refractivity contribution in [1.29, 1.82) is 0 Å². The van der Waals surface area contributed by atoms with Crippen molar-refractivity contribution >= 4 is 17.9 Å². The Balaban J connectivity index is 0.000000227. The molecule has 1 nitrogen and oxygen atoms in total. The molecule has 74 valence electrons. The number of rotatable bonds is 1. The van der Waals surface area contributed by atoms with Gasteiger partial charge in [-0.1, -0.05) is 0 Å². The number of hydrogen-bond acceptors (Lipinski definition) is 1. The van der Waals surface area contributed by atoms with Crippen LogP contribution in [-0.2, 0) is 21.9 Å². The van der Waals surface area contributed by atoms with Crippen LogP contribution in [0.4, 0.5) is 0 Å². The number of hydrogen-bond donors (Lipinski definition) is 0. The fraction of sp³-hybridized carbons (Fsp3) is 0. The summed E-state index contributed by atoms with van der Waals surface area (Å²) in [4.78, 5) is 9.87. The van der Waals surface area contributed by atoms with E-state index >= 15 is 0 Å². The quantitative estimate of drug-likeness (QED) is 0.513. The van der Waals surface area contributed by atoms with E-state index in [1.165, 1.54) is 0 Å². The van der Waals surface area contributed by atoms with E-state index in [1.54, 1.807) is 12.8 Å². The van der Waals surface area contributed by atoms with Gasteiger partial charge in [-0.15, -0.1) is 11.6 Å². The molecule has 2 fully saturated rings. The van der Waals surface area contributed by atoms with Crippen LogP contribution in [0.3, 0.4) is 0 Å². The third-order valence-corrected chi connectivity index (χ3v) is 1.70. The molecular formula is C11H9ClFeO. The molecule has 0 aromatic heterocycles. The van der Waals surface area contributed by atoms with Crippen LogP contribution in [0.15, 0.2) is 0 Å². The topological polar surface area (TPSA) is 17.1 Å². The monoisotopic (exact) mass is 248 g/mol. The smallest absolute Gasteiger partial charge is 0.127 e. The van der Waals surface area contributed by atoms with Crippen molar-refractivity contribution in [3.05, 3.63) is 62.7 Å².